The number of benzene rings is 1. The predicted octanol–water partition coefficient (Wildman–Crippen LogP) is 3.57. The summed E-state index contributed by atoms with van der Waals surface area (Å²) in [6.45, 7) is -2.28. The average Bonchev–Trinajstić information content (AvgIpc) is 2.73. The van der Waals surface area contributed by atoms with Gasteiger partial charge in [-0.25, -0.2) is 8.78 Å². The summed E-state index contributed by atoms with van der Waals surface area (Å²) in [5.41, 5.74) is 0. The number of fused-ring (bicyclic) bond motifs is 1. The van der Waals surface area contributed by atoms with Crippen LogP contribution in [0.15, 0.2) is 18.2 Å². The highest BCUT2D eigenvalue weighted by Gasteiger charge is 2.29. The molecule has 0 radical (unpaired) electrons. The SMILES string of the molecule is O=C(NCC(F)(F)CO)c1sc2cc(Cl)ccc2c1Cl. The van der Waals surface area contributed by atoms with Crippen molar-refractivity contribution in [2.45, 2.75) is 5.92 Å². The molecule has 0 aliphatic rings. The molecule has 0 fully saturated rings. The van der Waals surface area contributed by atoms with E-state index in [1.165, 1.54) is 0 Å². The van der Waals surface area contributed by atoms with Crippen LogP contribution in [0.2, 0.25) is 10.0 Å². The van der Waals surface area contributed by atoms with Crippen LogP contribution >= 0.6 is 34.5 Å². The van der Waals surface area contributed by atoms with Gasteiger partial charge in [-0.2, -0.15) is 0 Å². The molecule has 1 aromatic heterocycles. The fraction of sp³-hybridized carbons (Fsp3) is 0.250. The first kappa shape index (κ1) is 15.4. The molecule has 0 unspecified atom stereocenters. The van der Waals surface area contributed by atoms with E-state index in [1.807, 2.05) is 0 Å². The maximum Gasteiger partial charge on any atom is 0.287 e. The van der Waals surface area contributed by atoms with Crippen LogP contribution in [-0.2, 0) is 0 Å². The second-order valence-electron chi connectivity index (χ2n) is 4.08. The van der Waals surface area contributed by atoms with E-state index in [2.05, 4.69) is 5.32 Å². The molecule has 0 atom stereocenters. The number of alkyl halides is 2. The van der Waals surface area contributed by atoms with Gasteiger partial charge in [-0.15, -0.1) is 11.3 Å². The number of carbonyl (C=O) groups excluding carboxylic acids is 1. The lowest BCUT2D eigenvalue weighted by Gasteiger charge is -2.13. The highest BCUT2D eigenvalue weighted by Crippen LogP contribution is 2.36. The van der Waals surface area contributed by atoms with Gasteiger partial charge >= 0.3 is 0 Å². The molecular formula is C12H9Cl2F2NO2S. The number of rotatable bonds is 4. The fourth-order valence-corrected chi connectivity index (χ4v) is 3.24. The molecule has 20 heavy (non-hydrogen) atoms. The summed E-state index contributed by atoms with van der Waals surface area (Å²) in [4.78, 5) is 12.0. The van der Waals surface area contributed by atoms with Crippen LogP contribution in [0.3, 0.4) is 0 Å². The molecule has 0 bridgehead atoms. The normalized spacial score (nSPS) is 11.8. The molecule has 108 valence electrons. The number of carbonyl (C=O) groups is 1. The van der Waals surface area contributed by atoms with E-state index in [-0.39, 0.29) is 9.90 Å². The van der Waals surface area contributed by atoms with E-state index >= 15 is 0 Å². The van der Waals surface area contributed by atoms with Gasteiger partial charge in [0.1, 0.15) is 11.5 Å². The number of hydrogen-bond acceptors (Lipinski definition) is 3. The lowest BCUT2D eigenvalue weighted by molar-refractivity contribution is -0.0461. The molecule has 2 rings (SSSR count). The number of aliphatic hydroxyl groups excluding tert-OH is 1. The number of hydrogen-bond donors (Lipinski definition) is 2. The first-order valence-corrected chi connectivity index (χ1v) is 7.06. The molecule has 0 aliphatic carbocycles. The Morgan fingerprint density at radius 2 is 2.10 bits per heavy atom. The Kier molecular flexibility index (Phi) is 4.49. The Hall–Kier alpha value is -0.950. The highest BCUT2D eigenvalue weighted by atomic mass is 35.5. The quantitative estimate of drug-likeness (QED) is 0.894. The van der Waals surface area contributed by atoms with Gasteiger partial charge in [0.2, 0.25) is 0 Å². The van der Waals surface area contributed by atoms with E-state index in [4.69, 9.17) is 28.3 Å². The van der Waals surface area contributed by atoms with Gasteiger partial charge < -0.3 is 10.4 Å². The molecule has 0 saturated heterocycles. The molecule has 8 heteroatoms. The van der Waals surface area contributed by atoms with Gasteiger partial charge in [-0.05, 0) is 12.1 Å². The molecular weight excluding hydrogens is 331 g/mol. The van der Waals surface area contributed by atoms with Crippen molar-refractivity contribution in [1.29, 1.82) is 0 Å². The smallest absolute Gasteiger partial charge is 0.287 e. The number of nitrogens with one attached hydrogen (secondary N) is 1. The van der Waals surface area contributed by atoms with Gasteiger partial charge in [0.15, 0.2) is 0 Å². The van der Waals surface area contributed by atoms with Crippen molar-refractivity contribution in [3.8, 4) is 0 Å². The zero-order valence-electron chi connectivity index (χ0n) is 9.92. The lowest BCUT2D eigenvalue weighted by atomic mass is 10.2. The molecule has 2 N–H and O–H groups in total. The Balaban J connectivity index is 2.24. The van der Waals surface area contributed by atoms with Crippen molar-refractivity contribution in [3.63, 3.8) is 0 Å². The minimum atomic E-state index is -3.36. The summed E-state index contributed by atoms with van der Waals surface area (Å²) in [5, 5.41) is 11.8. The van der Waals surface area contributed by atoms with E-state index in [0.29, 0.717) is 15.1 Å². The number of amides is 1. The fourth-order valence-electron chi connectivity index (χ4n) is 1.53. The van der Waals surface area contributed by atoms with Gasteiger partial charge in [-0.3, -0.25) is 4.79 Å². The number of thiophene rings is 1. The van der Waals surface area contributed by atoms with E-state index < -0.39 is 25.0 Å². The molecule has 0 spiro atoms. The Bertz CT molecular complexity index is 660. The highest BCUT2D eigenvalue weighted by molar-refractivity contribution is 7.21. The second kappa shape index (κ2) is 5.81. The molecule has 0 saturated carbocycles. The monoisotopic (exact) mass is 339 g/mol. The van der Waals surface area contributed by atoms with Crippen molar-refractivity contribution in [2.24, 2.45) is 0 Å². The van der Waals surface area contributed by atoms with Crippen molar-refractivity contribution >= 4 is 50.5 Å². The van der Waals surface area contributed by atoms with Crippen LogP contribution < -0.4 is 5.32 Å². The first-order valence-electron chi connectivity index (χ1n) is 5.48. The Morgan fingerprint density at radius 3 is 2.75 bits per heavy atom. The summed E-state index contributed by atoms with van der Waals surface area (Å²) < 4.78 is 26.4. The van der Waals surface area contributed by atoms with Crippen molar-refractivity contribution in [3.05, 3.63) is 33.1 Å². The van der Waals surface area contributed by atoms with Crippen molar-refractivity contribution in [2.75, 3.05) is 13.2 Å². The largest absolute Gasteiger partial charge is 0.390 e. The van der Waals surface area contributed by atoms with E-state index in [1.54, 1.807) is 18.2 Å². The molecule has 1 aromatic carbocycles. The van der Waals surface area contributed by atoms with Crippen molar-refractivity contribution in [1.82, 2.24) is 5.32 Å². The summed E-state index contributed by atoms with van der Waals surface area (Å²) in [6.07, 6.45) is 0. The predicted molar refractivity (Wildman–Crippen MR) is 76.2 cm³/mol. The molecule has 2 aromatic rings. The molecule has 0 aliphatic heterocycles. The maximum atomic E-state index is 12.9. The number of halogens is 4. The summed E-state index contributed by atoms with van der Waals surface area (Å²) in [6, 6.07) is 4.94. The topological polar surface area (TPSA) is 49.3 Å². The average molecular weight is 340 g/mol. The molecule has 1 amide bonds. The maximum absolute atomic E-state index is 12.9. The van der Waals surface area contributed by atoms with Crippen LogP contribution in [-0.4, -0.2) is 30.1 Å². The minimum absolute atomic E-state index is 0.137. The zero-order valence-corrected chi connectivity index (χ0v) is 12.3. The van der Waals surface area contributed by atoms with Gasteiger partial charge in [0, 0.05) is 15.1 Å². The van der Waals surface area contributed by atoms with Crippen LogP contribution in [0.1, 0.15) is 9.67 Å². The van der Waals surface area contributed by atoms with Crippen LogP contribution in [0.25, 0.3) is 10.1 Å². The first-order chi connectivity index (χ1) is 9.34. The Labute approximate surface area is 127 Å². The lowest BCUT2D eigenvalue weighted by Crippen LogP contribution is -2.38. The summed E-state index contributed by atoms with van der Waals surface area (Å²) >= 11 is 13.0. The van der Waals surface area contributed by atoms with E-state index in [0.717, 1.165) is 11.3 Å². The third-order valence-electron chi connectivity index (χ3n) is 2.54. The standard InChI is InChI=1S/C12H9Cl2F2NO2S/c13-6-1-2-7-8(3-6)20-10(9(7)14)11(19)17-4-12(15,16)5-18/h1-3,18H,4-5H2,(H,17,19). The van der Waals surface area contributed by atoms with Crippen LogP contribution in [0.4, 0.5) is 8.78 Å². The Morgan fingerprint density at radius 1 is 1.40 bits per heavy atom. The minimum Gasteiger partial charge on any atom is -0.390 e. The van der Waals surface area contributed by atoms with Gasteiger partial charge in [0.25, 0.3) is 11.8 Å². The van der Waals surface area contributed by atoms with Crippen LogP contribution in [0.5, 0.6) is 0 Å². The van der Waals surface area contributed by atoms with E-state index in [9.17, 15) is 13.6 Å². The summed E-state index contributed by atoms with van der Waals surface area (Å²) in [7, 11) is 0. The van der Waals surface area contributed by atoms with Gasteiger partial charge in [-0.1, -0.05) is 29.3 Å². The summed E-state index contributed by atoms with van der Waals surface area (Å²) in [5.74, 6) is -4.07. The third-order valence-corrected chi connectivity index (χ3v) is 4.43. The number of aliphatic hydroxyl groups is 1. The van der Waals surface area contributed by atoms with Gasteiger partial charge in [0.05, 0.1) is 11.6 Å². The molecule has 1 heterocycles. The molecule has 3 nitrogen and oxygen atoms in total. The van der Waals surface area contributed by atoms with Crippen molar-refractivity contribution < 1.29 is 18.7 Å². The zero-order chi connectivity index (χ0) is 14.9. The van der Waals surface area contributed by atoms with Crippen LogP contribution in [0, 0.1) is 0 Å². The third kappa shape index (κ3) is 3.20. The second-order valence-corrected chi connectivity index (χ2v) is 5.95.